The molecule has 6 atom stereocenters. The van der Waals surface area contributed by atoms with Gasteiger partial charge >= 0.3 is 23.2 Å². The largest absolute Gasteiger partial charge is 0.394 e. The number of aliphatic hydroxyl groups excluding tert-OH is 4. The highest BCUT2D eigenvalue weighted by molar-refractivity contribution is 5.39. The number of hydrogen-bond donors (Lipinski definition) is 6. The quantitative estimate of drug-likeness (QED) is 0.210. The molecule has 2 aromatic heterocycles. The van der Waals surface area contributed by atoms with Crippen LogP contribution in [0, 0.1) is 0 Å². The Morgan fingerprint density at radius 2 is 1.18 bits per heavy atom. The van der Waals surface area contributed by atoms with Crippen LogP contribution in [0.4, 0.5) is 29.2 Å². The molecule has 2 saturated heterocycles. The summed E-state index contributed by atoms with van der Waals surface area (Å²) in [7, 11) is 0. The molecule has 38 heavy (non-hydrogen) atoms. The third-order valence-corrected chi connectivity index (χ3v) is 5.83. The fourth-order valence-electron chi connectivity index (χ4n) is 3.83. The number of nitrogens with one attached hydrogen (secondary N) is 2. The minimum atomic E-state index is -3.86. The molecular weight excluding hydrogens is 528 g/mol. The fraction of sp³-hybridized carbons (Fsp3) is 0.500. The van der Waals surface area contributed by atoms with Crippen molar-refractivity contribution in [1.82, 2.24) is 19.1 Å². The first kappa shape index (κ1) is 27.6. The van der Waals surface area contributed by atoms with Gasteiger partial charge in [0.05, 0.1) is 13.2 Å². The number of rotatable bonds is 8. The van der Waals surface area contributed by atoms with Crippen molar-refractivity contribution in [1.29, 1.82) is 0 Å². The number of aromatic nitrogens is 4. The second-order valence-corrected chi connectivity index (χ2v) is 8.28. The summed E-state index contributed by atoms with van der Waals surface area (Å²) in [5, 5.41) is 42.4. The molecule has 208 valence electrons. The van der Waals surface area contributed by atoms with Crippen molar-refractivity contribution >= 4 is 11.6 Å². The van der Waals surface area contributed by atoms with E-state index in [1.807, 2.05) is 0 Å². The Labute approximate surface area is 209 Å². The number of aliphatic hydroxyl groups is 4. The highest BCUT2D eigenvalue weighted by atomic mass is 19.3. The Morgan fingerprint density at radius 1 is 0.816 bits per heavy atom. The molecule has 2 aliphatic heterocycles. The molecule has 4 rings (SSSR count). The molecule has 0 bridgehead atoms. The lowest BCUT2D eigenvalue weighted by Gasteiger charge is -2.21. The van der Waals surface area contributed by atoms with E-state index in [9.17, 15) is 37.4 Å². The van der Waals surface area contributed by atoms with E-state index < -0.39 is 73.3 Å². The summed E-state index contributed by atoms with van der Waals surface area (Å²) in [5.74, 6) is -7.88. The third-order valence-electron chi connectivity index (χ3n) is 5.83. The van der Waals surface area contributed by atoms with Crippen molar-refractivity contribution in [3.8, 4) is 0 Å². The maximum Gasteiger partial charge on any atom is 0.351 e. The number of halogens is 4. The Kier molecular flexibility index (Phi) is 7.55. The SMILES string of the molecule is O=c1nc(N/C=C\Nc2ccn([C@@H]3O[C@H](CO)[C@@H](O)C3(F)F)c(=O)n2)ccn1[C@@H]1O[C@H](CO)[C@@H](O)C1(F)F. The highest BCUT2D eigenvalue weighted by Crippen LogP contribution is 2.43. The zero-order chi connectivity index (χ0) is 27.8. The van der Waals surface area contributed by atoms with Crippen molar-refractivity contribution in [2.24, 2.45) is 0 Å². The van der Waals surface area contributed by atoms with Gasteiger partial charge in [0.25, 0.3) is 0 Å². The molecular formula is C20H22F4N6O8. The first-order valence-electron chi connectivity index (χ1n) is 10.9. The van der Waals surface area contributed by atoms with Gasteiger partial charge in [0.15, 0.2) is 12.2 Å². The van der Waals surface area contributed by atoms with E-state index in [4.69, 9.17) is 19.7 Å². The summed E-state index contributed by atoms with van der Waals surface area (Å²) < 4.78 is 67.7. The molecule has 6 N–H and O–H groups in total. The van der Waals surface area contributed by atoms with E-state index in [0.29, 0.717) is 9.13 Å². The van der Waals surface area contributed by atoms with Crippen LogP contribution in [0.5, 0.6) is 0 Å². The molecule has 0 saturated carbocycles. The zero-order valence-electron chi connectivity index (χ0n) is 19.1. The van der Waals surface area contributed by atoms with Crippen LogP contribution < -0.4 is 22.0 Å². The molecule has 14 nitrogen and oxygen atoms in total. The normalized spacial score (nSPS) is 30.1. The van der Waals surface area contributed by atoms with E-state index in [1.165, 1.54) is 12.4 Å². The predicted octanol–water partition coefficient (Wildman–Crippen LogP) is -1.43. The second kappa shape index (κ2) is 10.4. The molecule has 0 aromatic carbocycles. The summed E-state index contributed by atoms with van der Waals surface area (Å²) >= 11 is 0. The zero-order valence-corrected chi connectivity index (χ0v) is 19.1. The van der Waals surface area contributed by atoms with Crippen molar-refractivity contribution in [3.63, 3.8) is 0 Å². The van der Waals surface area contributed by atoms with E-state index in [0.717, 1.165) is 24.5 Å². The number of alkyl halides is 4. The van der Waals surface area contributed by atoms with Crippen molar-refractivity contribution in [2.45, 2.75) is 48.7 Å². The van der Waals surface area contributed by atoms with Gasteiger partial charge in [0, 0.05) is 24.8 Å². The fourth-order valence-corrected chi connectivity index (χ4v) is 3.83. The summed E-state index contributed by atoms with van der Waals surface area (Å²) in [4.78, 5) is 31.6. The van der Waals surface area contributed by atoms with Crippen molar-refractivity contribution in [3.05, 3.63) is 57.9 Å². The molecule has 0 amide bonds. The maximum atomic E-state index is 14.2. The average Bonchev–Trinajstić information content (AvgIpc) is 3.24. The van der Waals surface area contributed by atoms with Crippen LogP contribution in [-0.2, 0) is 9.47 Å². The molecule has 2 fully saturated rings. The van der Waals surface area contributed by atoms with Gasteiger partial charge in [-0.25, -0.2) is 9.59 Å². The van der Waals surface area contributed by atoms with Crippen LogP contribution >= 0.6 is 0 Å². The van der Waals surface area contributed by atoms with Gasteiger partial charge in [0.1, 0.15) is 23.8 Å². The molecule has 2 aliphatic rings. The van der Waals surface area contributed by atoms with Crippen molar-refractivity contribution in [2.75, 3.05) is 23.8 Å². The number of hydrogen-bond acceptors (Lipinski definition) is 12. The lowest BCUT2D eigenvalue weighted by molar-refractivity contribution is -0.141. The topological polar surface area (TPSA) is 193 Å². The summed E-state index contributed by atoms with van der Waals surface area (Å²) in [6.07, 6.45) is -7.89. The van der Waals surface area contributed by atoms with Gasteiger partial charge in [-0.1, -0.05) is 0 Å². The van der Waals surface area contributed by atoms with Crippen LogP contribution in [0.1, 0.15) is 12.5 Å². The van der Waals surface area contributed by atoms with Gasteiger partial charge in [0.2, 0.25) is 12.5 Å². The standard InChI is InChI=1S/C20H22F4N6O8/c21-19(22)13(33)9(7-31)37-15(19)29-5-1-11(27-17(29)35)25-3-4-26-12-2-6-30(18(36)28-12)16-20(23,24)14(34)10(8-32)38-16/h1-6,9-10,13-16,31-34H,7-8H2,(H,25,27,35)(H,26,28,36)/b4-3-/t9-,10-,13-,14-,15-,16-/m1/s1. The van der Waals surface area contributed by atoms with Gasteiger partial charge in [-0.2, -0.15) is 27.5 Å². The smallest absolute Gasteiger partial charge is 0.351 e. The first-order valence-corrected chi connectivity index (χ1v) is 10.9. The summed E-state index contributed by atoms with van der Waals surface area (Å²) in [6.45, 7) is -1.77. The monoisotopic (exact) mass is 550 g/mol. The van der Waals surface area contributed by atoms with Crippen LogP contribution in [-0.4, -0.2) is 89.0 Å². The lowest BCUT2D eigenvalue weighted by atomic mass is 10.1. The minimum Gasteiger partial charge on any atom is -0.394 e. The third kappa shape index (κ3) is 4.88. The molecule has 0 radical (unpaired) electrons. The average molecular weight is 550 g/mol. The van der Waals surface area contributed by atoms with Crippen LogP contribution in [0.15, 0.2) is 46.5 Å². The van der Waals surface area contributed by atoms with Gasteiger partial charge in [-0.15, -0.1) is 0 Å². The van der Waals surface area contributed by atoms with Crippen LogP contribution in [0.2, 0.25) is 0 Å². The Bertz CT molecular complexity index is 1210. The lowest BCUT2D eigenvalue weighted by Crippen LogP contribution is -2.41. The summed E-state index contributed by atoms with van der Waals surface area (Å²) in [5.41, 5.74) is -2.28. The maximum absolute atomic E-state index is 14.2. The number of ether oxygens (including phenoxy) is 2. The molecule has 18 heteroatoms. The second-order valence-electron chi connectivity index (χ2n) is 8.28. The van der Waals surface area contributed by atoms with Crippen molar-refractivity contribution < 1.29 is 47.5 Å². The number of nitrogens with zero attached hydrogens (tertiary/aromatic N) is 4. The Hall–Kier alpha value is -3.42. The molecule has 2 aromatic rings. The Morgan fingerprint density at radius 3 is 1.47 bits per heavy atom. The Balaban J connectivity index is 1.39. The van der Waals surface area contributed by atoms with Crippen LogP contribution in [0.25, 0.3) is 0 Å². The molecule has 0 spiro atoms. The van der Waals surface area contributed by atoms with E-state index in [-0.39, 0.29) is 11.6 Å². The van der Waals surface area contributed by atoms with Gasteiger partial charge in [-0.05, 0) is 12.1 Å². The van der Waals surface area contributed by atoms with Crippen LogP contribution in [0.3, 0.4) is 0 Å². The minimum absolute atomic E-state index is 0.0779. The summed E-state index contributed by atoms with van der Waals surface area (Å²) in [6, 6.07) is 2.30. The van der Waals surface area contributed by atoms with Gasteiger partial charge in [-0.3, -0.25) is 9.13 Å². The first-order chi connectivity index (χ1) is 17.9. The van der Waals surface area contributed by atoms with E-state index in [2.05, 4.69) is 20.6 Å². The number of anilines is 2. The highest BCUT2D eigenvalue weighted by Gasteiger charge is 2.60. The van der Waals surface area contributed by atoms with Gasteiger partial charge < -0.3 is 40.5 Å². The van der Waals surface area contributed by atoms with E-state index in [1.54, 1.807) is 0 Å². The predicted molar refractivity (Wildman–Crippen MR) is 117 cm³/mol. The molecule has 4 heterocycles. The molecule has 0 aliphatic carbocycles. The molecule has 0 unspecified atom stereocenters. The van der Waals surface area contributed by atoms with E-state index >= 15 is 0 Å².